The summed E-state index contributed by atoms with van der Waals surface area (Å²) in [4.78, 5) is 21.2. The molecule has 1 atom stereocenters. The smallest absolute Gasteiger partial charge is 0.253 e. The van der Waals surface area contributed by atoms with Crippen LogP contribution in [0.2, 0.25) is 0 Å². The molecule has 1 aliphatic heterocycles. The average Bonchev–Trinajstić information content (AvgIpc) is 3.30. The number of benzene rings is 1. The summed E-state index contributed by atoms with van der Waals surface area (Å²) in [6.07, 6.45) is 0.870. The molecule has 1 N–H and O–H groups in total. The highest BCUT2D eigenvalue weighted by Gasteiger charge is 2.35. The van der Waals surface area contributed by atoms with E-state index in [2.05, 4.69) is 58.0 Å². The van der Waals surface area contributed by atoms with Crippen LogP contribution < -0.4 is 10.3 Å². The number of pyridine rings is 1. The van der Waals surface area contributed by atoms with Crippen molar-refractivity contribution in [1.29, 1.82) is 0 Å². The number of hydrogen-bond donors (Lipinski definition) is 1. The van der Waals surface area contributed by atoms with Crippen molar-refractivity contribution in [3.05, 3.63) is 46.0 Å². The molecule has 1 aliphatic rings. The number of tetrazole rings is 1. The molecule has 1 saturated heterocycles. The zero-order chi connectivity index (χ0) is 22.9. The summed E-state index contributed by atoms with van der Waals surface area (Å²) in [6, 6.07) is 7.37. The van der Waals surface area contributed by atoms with Crippen LogP contribution in [0.4, 0.5) is 0 Å². The molecule has 4 rings (SSSR count). The van der Waals surface area contributed by atoms with Gasteiger partial charge in [0.2, 0.25) is 0 Å². The van der Waals surface area contributed by atoms with Crippen LogP contribution >= 0.6 is 0 Å². The molecule has 1 aromatic carbocycles. The van der Waals surface area contributed by atoms with Crippen LogP contribution in [0, 0.1) is 0 Å². The predicted octanol–water partition coefficient (Wildman–Crippen LogP) is 2.40. The lowest BCUT2D eigenvalue weighted by molar-refractivity contribution is 0.105. The molecule has 172 valence electrons. The molecule has 1 fully saturated rings. The first-order valence-corrected chi connectivity index (χ1v) is 11.3. The quantitative estimate of drug-likeness (QED) is 0.604. The Balaban J connectivity index is 1.85. The van der Waals surface area contributed by atoms with E-state index in [0.29, 0.717) is 17.1 Å². The van der Waals surface area contributed by atoms with E-state index in [1.165, 1.54) is 0 Å². The van der Waals surface area contributed by atoms with Crippen LogP contribution in [0.3, 0.4) is 0 Å². The first-order valence-electron chi connectivity index (χ1n) is 11.3. The van der Waals surface area contributed by atoms with E-state index in [4.69, 9.17) is 4.74 Å². The van der Waals surface area contributed by atoms with Gasteiger partial charge in [-0.2, -0.15) is 0 Å². The molecule has 32 heavy (non-hydrogen) atoms. The van der Waals surface area contributed by atoms with Crippen LogP contribution in [0.5, 0.6) is 5.75 Å². The van der Waals surface area contributed by atoms with Gasteiger partial charge in [-0.15, -0.1) is 5.10 Å². The lowest BCUT2D eigenvalue weighted by atomic mass is 9.99. The van der Waals surface area contributed by atoms with Gasteiger partial charge < -0.3 is 14.6 Å². The largest absolute Gasteiger partial charge is 0.497 e. The lowest BCUT2D eigenvalue weighted by Gasteiger charge is -2.39. The van der Waals surface area contributed by atoms with Crippen LogP contribution in [0.25, 0.3) is 10.9 Å². The van der Waals surface area contributed by atoms with E-state index >= 15 is 0 Å². The molecule has 9 heteroatoms. The molecule has 3 heterocycles. The molecule has 0 radical (unpaired) electrons. The maximum atomic E-state index is 13.4. The maximum Gasteiger partial charge on any atom is 0.253 e. The monoisotopic (exact) mass is 439 g/mol. The number of rotatable bonds is 7. The first kappa shape index (κ1) is 22.4. The minimum absolute atomic E-state index is 0.127. The fourth-order valence-corrected chi connectivity index (χ4v) is 4.31. The van der Waals surface area contributed by atoms with E-state index in [1.54, 1.807) is 7.11 Å². The number of aromatic amines is 1. The fourth-order valence-electron chi connectivity index (χ4n) is 4.31. The van der Waals surface area contributed by atoms with Gasteiger partial charge in [0.05, 0.1) is 18.2 Å². The summed E-state index contributed by atoms with van der Waals surface area (Å²) in [7, 11) is 1.62. The van der Waals surface area contributed by atoms with E-state index in [1.807, 2.05) is 28.9 Å². The second-order valence-electron chi connectivity index (χ2n) is 8.99. The number of nitrogens with one attached hydrogen (secondary N) is 1. The Morgan fingerprint density at radius 2 is 1.91 bits per heavy atom. The Bertz CT molecular complexity index is 1130. The van der Waals surface area contributed by atoms with Crippen molar-refractivity contribution in [3.63, 3.8) is 0 Å². The number of aromatic nitrogens is 5. The maximum absolute atomic E-state index is 13.4. The standard InChI is InChI=1S/C23H33N7O2/c1-6-23(3,4)30-21(25-26-27-30)20(29-12-10-28(7-2)11-13-29)18-14-16-8-9-17(32-5)15-19(16)24-22(18)31/h8-9,14-15,20H,6-7,10-13H2,1-5H3,(H,24,31)/t20-/m0/s1. The number of ether oxygens (including phenoxy) is 1. The van der Waals surface area contributed by atoms with Gasteiger partial charge in [-0.05, 0) is 60.8 Å². The Labute approximate surface area is 188 Å². The van der Waals surface area contributed by atoms with E-state index in [9.17, 15) is 4.79 Å². The van der Waals surface area contributed by atoms with Crippen molar-refractivity contribution in [2.45, 2.75) is 45.7 Å². The van der Waals surface area contributed by atoms with Gasteiger partial charge in [-0.25, -0.2) is 4.68 Å². The third-order valence-electron chi connectivity index (χ3n) is 6.77. The molecule has 0 amide bonds. The third kappa shape index (κ3) is 4.14. The summed E-state index contributed by atoms with van der Waals surface area (Å²) in [6.45, 7) is 13.2. The minimum atomic E-state index is -0.329. The molecule has 0 saturated carbocycles. The molecular formula is C23H33N7O2. The highest BCUT2D eigenvalue weighted by Crippen LogP contribution is 2.31. The Hall–Kier alpha value is -2.78. The fraction of sp³-hybridized carbons (Fsp3) is 0.565. The SMILES string of the molecule is CCN1CCN([C@@H](c2cc3ccc(OC)cc3[nH]c2=O)c2nnnn2C(C)(C)CC)CC1. The first-order chi connectivity index (χ1) is 15.4. The average molecular weight is 440 g/mol. The highest BCUT2D eigenvalue weighted by atomic mass is 16.5. The summed E-state index contributed by atoms with van der Waals surface area (Å²) >= 11 is 0. The molecule has 3 aromatic rings. The van der Waals surface area contributed by atoms with Crippen LogP contribution in [0.15, 0.2) is 29.1 Å². The van der Waals surface area contributed by atoms with E-state index < -0.39 is 0 Å². The summed E-state index contributed by atoms with van der Waals surface area (Å²) in [5.74, 6) is 1.42. The van der Waals surface area contributed by atoms with Crippen molar-refractivity contribution in [2.75, 3.05) is 39.8 Å². The summed E-state index contributed by atoms with van der Waals surface area (Å²) in [5.41, 5.74) is 1.02. The van der Waals surface area contributed by atoms with Gasteiger partial charge in [0.1, 0.15) is 11.8 Å². The van der Waals surface area contributed by atoms with Gasteiger partial charge in [0.15, 0.2) is 5.82 Å². The Morgan fingerprint density at radius 1 is 1.16 bits per heavy atom. The highest BCUT2D eigenvalue weighted by molar-refractivity contribution is 5.80. The molecule has 9 nitrogen and oxygen atoms in total. The van der Waals surface area contributed by atoms with Crippen LogP contribution in [-0.4, -0.2) is 74.8 Å². The van der Waals surface area contributed by atoms with Crippen molar-refractivity contribution in [3.8, 4) is 5.75 Å². The van der Waals surface area contributed by atoms with Crippen molar-refractivity contribution in [2.24, 2.45) is 0 Å². The molecule has 0 unspecified atom stereocenters. The van der Waals surface area contributed by atoms with Gasteiger partial charge >= 0.3 is 0 Å². The normalized spacial score (nSPS) is 17.0. The molecule has 0 spiro atoms. The molecule has 0 aliphatic carbocycles. The predicted molar refractivity (Wildman–Crippen MR) is 124 cm³/mol. The van der Waals surface area contributed by atoms with Crippen molar-refractivity contribution < 1.29 is 4.74 Å². The second-order valence-corrected chi connectivity index (χ2v) is 8.99. The second kappa shape index (κ2) is 8.99. The number of hydrogen-bond acceptors (Lipinski definition) is 7. The molecular weight excluding hydrogens is 406 g/mol. The Kier molecular flexibility index (Phi) is 6.30. The number of fused-ring (bicyclic) bond motifs is 1. The Morgan fingerprint density at radius 3 is 2.56 bits per heavy atom. The number of methoxy groups -OCH3 is 1. The zero-order valence-corrected chi connectivity index (χ0v) is 19.6. The van der Waals surface area contributed by atoms with Gasteiger partial charge in [0, 0.05) is 37.8 Å². The van der Waals surface area contributed by atoms with Gasteiger partial charge in [0.25, 0.3) is 5.56 Å². The number of piperazine rings is 1. The third-order valence-corrected chi connectivity index (χ3v) is 6.77. The summed E-state index contributed by atoms with van der Waals surface area (Å²) in [5, 5.41) is 13.8. The number of nitrogens with zero attached hydrogens (tertiary/aromatic N) is 6. The molecule has 2 aromatic heterocycles. The van der Waals surface area contributed by atoms with E-state index in [0.717, 1.165) is 50.0 Å². The van der Waals surface area contributed by atoms with Crippen molar-refractivity contribution in [1.82, 2.24) is 35.0 Å². The lowest BCUT2D eigenvalue weighted by Crippen LogP contribution is -2.49. The summed E-state index contributed by atoms with van der Waals surface area (Å²) < 4.78 is 7.21. The zero-order valence-electron chi connectivity index (χ0n) is 19.6. The van der Waals surface area contributed by atoms with Crippen LogP contribution in [-0.2, 0) is 5.54 Å². The van der Waals surface area contributed by atoms with Gasteiger partial charge in [-0.1, -0.05) is 13.8 Å². The van der Waals surface area contributed by atoms with Crippen LogP contribution in [0.1, 0.15) is 51.5 Å². The van der Waals surface area contributed by atoms with Crippen molar-refractivity contribution >= 4 is 10.9 Å². The number of H-pyrrole nitrogens is 1. The topological polar surface area (TPSA) is 92.2 Å². The van der Waals surface area contributed by atoms with Gasteiger partial charge in [-0.3, -0.25) is 9.69 Å². The van der Waals surface area contributed by atoms with E-state index in [-0.39, 0.29) is 17.1 Å². The molecule has 0 bridgehead atoms. The minimum Gasteiger partial charge on any atom is -0.497 e. The number of likely N-dealkylation sites (N-methyl/N-ethyl adjacent to an activating group) is 1.